The van der Waals surface area contributed by atoms with Gasteiger partial charge in [0.15, 0.2) is 5.84 Å². The number of rotatable bonds is 2. The van der Waals surface area contributed by atoms with Crippen LogP contribution in [-0.4, -0.2) is 29.9 Å². The molecule has 8 nitrogen and oxygen atoms in total. The fraction of sp³-hybridized carbons (Fsp3) is 0.143. The highest BCUT2D eigenvalue weighted by atomic mass is 15.3. The highest BCUT2D eigenvalue weighted by molar-refractivity contribution is 5.95. The zero-order valence-electron chi connectivity index (χ0n) is 42.6. The van der Waals surface area contributed by atoms with E-state index in [2.05, 4.69) is 31.8 Å². The zero-order chi connectivity index (χ0) is 46.6. The van der Waals surface area contributed by atoms with Crippen molar-refractivity contribution in [1.82, 2.24) is 20.8 Å². The molecule has 0 aromatic carbocycles. The van der Waals surface area contributed by atoms with Crippen molar-refractivity contribution in [1.29, 1.82) is 5.26 Å². The molecule has 2 rings (SSSR count). The summed E-state index contributed by atoms with van der Waals surface area (Å²) in [5.74, 6) is 4.99. The maximum Gasteiger partial charge on any atom is 0.169 e. The average molecular weight is 399 g/mol. The van der Waals surface area contributed by atoms with E-state index >= 15 is 0 Å². The lowest BCUT2D eigenvalue weighted by Crippen LogP contribution is -2.18. The SMILES string of the molecule is CN/N=C(\N)c1ccccn1.CNN.N#Cc1ccccn1.[3HH].[3HH].[3H][3H].[3H][3H].[3H][3H].[3H][3H].[3H][3H].[3H][3H].[3H][3H].[3H][3H].[3H][3H].[3H][3H].[3H][3H].[3H][3H].[3H][3H].[3H][3H].[3H][3H]. The summed E-state index contributed by atoms with van der Waals surface area (Å²) in [5, 5.41) is 12.0. The Labute approximate surface area is 179 Å². The molecule has 0 fully saturated rings. The van der Waals surface area contributed by atoms with Crippen LogP contribution in [0.1, 0.15) is 58.8 Å². The first kappa shape index (κ1) is 5.64. The smallest absolute Gasteiger partial charge is 0.169 e. The van der Waals surface area contributed by atoms with Crippen LogP contribution < -0.4 is 22.4 Å². The molecule has 0 aliphatic carbocycles. The summed E-state index contributed by atoms with van der Waals surface area (Å²) in [6.07, 6.45) is 3.27. The number of hydrazone groups is 1. The van der Waals surface area contributed by atoms with Crippen molar-refractivity contribution in [3.63, 3.8) is 0 Å². The van der Waals surface area contributed by atoms with Crippen LogP contribution in [0, 0.1) is 11.3 Å². The Kier molecular flexibility index (Phi) is 3.33. The van der Waals surface area contributed by atoms with Crippen LogP contribution in [-0.2, 0) is 0 Å². The Morgan fingerprint density at radius 1 is 1.23 bits per heavy atom. The predicted molar refractivity (Wildman–Crippen MR) is 122 cm³/mol. The molecule has 0 radical (unpaired) electrons. The van der Waals surface area contributed by atoms with E-state index in [9.17, 15) is 0 Å². The third kappa shape index (κ3) is 8.98. The number of nitrogens with two attached hydrogens (primary N) is 2. The monoisotopic (exact) mass is 399 g/mol. The van der Waals surface area contributed by atoms with Crippen LogP contribution in [0.25, 0.3) is 0 Å². The quantitative estimate of drug-likeness (QED) is 0.258. The van der Waals surface area contributed by atoms with Crippen LogP contribution >= 0.6 is 0 Å². The van der Waals surface area contributed by atoms with Crippen LogP contribution in [0.5, 0.6) is 0 Å². The molecule has 0 bridgehead atoms. The highest BCUT2D eigenvalue weighted by Crippen LogP contribution is 1.90. The van der Waals surface area contributed by atoms with Gasteiger partial charge >= 0.3 is 0 Å². The third-order valence-corrected chi connectivity index (χ3v) is 1.94. The van der Waals surface area contributed by atoms with Gasteiger partial charge in [-0.3, -0.25) is 16.3 Å². The Bertz CT molecular complexity index is 615. The highest BCUT2D eigenvalue weighted by Gasteiger charge is 1.95. The standard InChI is InChI=1S/C7H10N4.C6H4N2.CH6N2.17H2/c1-9-11-7(8)6-4-2-3-5-10-6;7-5-6-3-1-2-4-8-6;1-3-2;;;;;;;;;;;;;;;;;/h2-5,9H,1H3,(H2,8,11);1-4H;3H,2H2,1H3;17*1H/i;;;15*1+2T;2*1+2. The van der Waals surface area contributed by atoms with E-state index < -0.39 is 0 Å². The second kappa shape index (κ2) is 13.0. The molecule has 0 saturated carbocycles. The molecule has 0 unspecified atom stereocenters. The molecule has 0 spiro atoms. The van der Waals surface area contributed by atoms with Crippen molar-refractivity contribution >= 4 is 5.84 Å². The molecule has 0 amide bonds. The number of nitrogens with zero attached hydrogens (tertiary/aromatic N) is 4. The van der Waals surface area contributed by atoms with Crippen molar-refractivity contribution in [2.45, 2.75) is 0 Å². The number of nitriles is 1. The lowest BCUT2D eigenvalue weighted by Gasteiger charge is -1.96. The van der Waals surface area contributed by atoms with Crippen LogP contribution in [0.2, 0.25) is 0 Å². The number of aromatic nitrogens is 2. The fourth-order valence-corrected chi connectivity index (χ4v) is 1.12. The molecule has 0 aliphatic heterocycles. The molecular weight excluding hydrogens is 280 g/mol. The third-order valence-electron chi connectivity index (χ3n) is 1.94. The van der Waals surface area contributed by atoms with Gasteiger partial charge in [-0.15, -0.1) is 0 Å². The Morgan fingerprint density at radius 2 is 1.82 bits per heavy atom. The summed E-state index contributed by atoms with van der Waals surface area (Å²) in [5.41, 5.74) is 11.5. The van der Waals surface area contributed by atoms with Gasteiger partial charge in [0, 0.05) is 66.8 Å². The first-order valence-electron chi connectivity index (χ1n) is 21.3. The molecule has 2 aromatic rings. The second-order valence-corrected chi connectivity index (χ2v) is 3.55. The van der Waals surface area contributed by atoms with Gasteiger partial charge in [0.2, 0.25) is 0 Å². The summed E-state index contributed by atoms with van der Waals surface area (Å²) < 4.78 is 150. The molecule has 22 heavy (non-hydrogen) atoms. The van der Waals surface area contributed by atoms with Crippen molar-refractivity contribution in [2.75, 3.05) is 14.1 Å². The van der Waals surface area contributed by atoms with Gasteiger partial charge in [-0.05, 0) is 31.3 Å². The van der Waals surface area contributed by atoms with Crippen molar-refractivity contribution in [3.05, 3.63) is 60.2 Å². The lowest BCUT2D eigenvalue weighted by atomic mass is 10.3. The van der Waals surface area contributed by atoms with E-state index in [1.165, 1.54) is 0 Å². The summed E-state index contributed by atoms with van der Waals surface area (Å²) in [6, 6.07) is 12.6. The number of nitrogens with one attached hydrogen (secondary N) is 2. The van der Waals surface area contributed by atoms with E-state index in [1.807, 2.05) is 18.2 Å². The summed E-state index contributed by atoms with van der Waals surface area (Å²) in [7, 11) is 3.34. The molecule has 2 aromatic heterocycles. The van der Waals surface area contributed by atoms with Gasteiger partial charge in [-0.25, -0.2) is 4.98 Å². The van der Waals surface area contributed by atoms with Crippen molar-refractivity contribution in [3.8, 4) is 6.07 Å². The van der Waals surface area contributed by atoms with E-state index in [-0.39, 0.29) is 2.85 Å². The lowest BCUT2D eigenvalue weighted by molar-refractivity contribution is 0.896. The maximum atomic E-state index is 8.23. The first-order valence-corrected chi connectivity index (χ1v) is 6.29. The largest absolute Gasteiger partial charge is 0.380 e. The maximum absolute atomic E-state index is 8.23. The zero-order valence-corrected chi connectivity index (χ0v) is 12.6. The van der Waals surface area contributed by atoms with Crippen LogP contribution in [0.15, 0.2) is 53.9 Å². The normalized spacial score (nSPS) is 14.7. The van der Waals surface area contributed by atoms with Gasteiger partial charge in [0.25, 0.3) is 0 Å². The van der Waals surface area contributed by atoms with E-state index in [1.54, 1.807) is 50.8 Å². The summed E-state index contributed by atoms with van der Waals surface area (Å²) in [4.78, 5) is 7.74. The molecule has 2 heterocycles. The first-order chi connectivity index (χ1) is 25.7. The molecule has 6 N–H and O–H groups in total. The van der Waals surface area contributed by atoms with Gasteiger partial charge in [-0.2, -0.15) is 10.4 Å². The average Bonchev–Trinajstić information content (AvgIpc) is 3.32. The Balaban J connectivity index is -0.0000000170. The van der Waals surface area contributed by atoms with Gasteiger partial charge in [-0.1, -0.05) is 12.1 Å². The van der Waals surface area contributed by atoms with Crippen LogP contribution in [0.3, 0.4) is 0 Å². The van der Waals surface area contributed by atoms with E-state index in [0.29, 0.717) is 17.2 Å². The molecule has 8 heteroatoms. The Morgan fingerprint density at radius 3 is 2.18 bits per heavy atom. The number of hydrogen-bond donors (Lipinski definition) is 4. The minimum Gasteiger partial charge on any atom is -0.380 e. The second-order valence-electron chi connectivity index (χ2n) is 3.55. The van der Waals surface area contributed by atoms with Gasteiger partial charge in [0.1, 0.15) is 17.5 Å². The molecule has 0 aliphatic rings. The minimum atomic E-state index is 0. The van der Waals surface area contributed by atoms with E-state index in [4.69, 9.17) is 55.5 Å². The number of hydrazine groups is 1. The topological polar surface area (TPSA) is 138 Å². The van der Waals surface area contributed by atoms with Crippen molar-refractivity contribution < 1.29 is 47.4 Å². The van der Waals surface area contributed by atoms with Gasteiger partial charge in [0.05, 0.1) is 0 Å². The summed E-state index contributed by atoms with van der Waals surface area (Å²) >= 11 is 0. The number of amidine groups is 1. The molecule has 150 valence electrons. The number of hydrogen-bond acceptors (Lipinski definition) is 7. The minimum absolute atomic E-state index is 0. The fourth-order valence-electron chi connectivity index (χ4n) is 1.12. The van der Waals surface area contributed by atoms with Crippen molar-refractivity contribution in [2.24, 2.45) is 16.7 Å². The van der Waals surface area contributed by atoms with Crippen LogP contribution in [0.4, 0.5) is 0 Å². The van der Waals surface area contributed by atoms with E-state index in [0.717, 1.165) is 0 Å². The molecule has 0 atom stereocenters. The van der Waals surface area contributed by atoms with Gasteiger partial charge < -0.3 is 11.2 Å². The molecule has 0 saturated heterocycles. The molecular formula is C14H54N8. The predicted octanol–water partition coefficient (Wildman–Crippen LogP) is 4.14. The summed E-state index contributed by atoms with van der Waals surface area (Å²) in [6.45, 7) is 0. The Hall–Kier alpha value is -3.02. The number of pyridine rings is 2.